The average molecular weight is 210 g/mol. The maximum Gasteiger partial charge on any atom is 0.164 e. The van der Waals surface area contributed by atoms with Gasteiger partial charge >= 0.3 is 0 Å². The summed E-state index contributed by atoms with van der Waals surface area (Å²) in [5.41, 5.74) is 9.16. The summed E-state index contributed by atoms with van der Waals surface area (Å²) in [5, 5.41) is 0. The van der Waals surface area contributed by atoms with E-state index in [0.29, 0.717) is 0 Å². The predicted molar refractivity (Wildman–Crippen MR) is 63.3 cm³/mol. The summed E-state index contributed by atoms with van der Waals surface area (Å²) < 4.78 is 1.94. The second-order valence-electron chi connectivity index (χ2n) is 3.55. The Bertz CT molecular complexity index is 625. The number of fused-ring (bicyclic) bond motifs is 1. The van der Waals surface area contributed by atoms with Crippen molar-refractivity contribution in [1.82, 2.24) is 14.5 Å². The molecule has 0 amide bonds. The van der Waals surface area contributed by atoms with E-state index in [2.05, 4.69) is 9.97 Å². The molecule has 0 unspecified atom stereocenters. The van der Waals surface area contributed by atoms with Crippen LogP contribution in [0.3, 0.4) is 0 Å². The molecule has 0 atom stereocenters. The first-order valence-corrected chi connectivity index (χ1v) is 4.98. The Morgan fingerprint density at radius 1 is 1.00 bits per heavy atom. The summed E-state index contributed by atoms with van der Waals surface area (Å²) in [6, 6.07) is 11.4. The number of imidazole rings is 1. The Morgan fingerprint density at radius 2 is 1.81 bits per heavy atom. The lowest BCUT2D eigenvalue weighted by Crippen LogP contribution is -1.94. The fraction of sp³-hybridized carbons (Fsp3) is 0. The van der Waals surface area contributed by atoms with Crippen LogP contribution in [0.15, 0.2) is 48.9 Å². The van der Waals surface area contributed by atoms with E-state index in [1.54, 1.807) is 12.5 Å². The van der Waals surface area contributed by atoms with E-state index in [-0.39, 0.29) is 0 Å². The van der Waals surface area contributed by atoms with Gasteiger partial charge in [0.1, 0.15) is 11.8 Å². The molecule has 3 aromatic rings. The van der Waals surface area contributed by atoms with Crippen molar-refractivity contribution in [2.75, 3.05) is 5.73 Å². The number of benzene rings is 1. The minimum Gasteiger partial charge on any atom is -0.399 e. The lowest BCUT2D eigenvalue weighted by molar-refractivity contribution is 1.07. The number of nitrogens with two attached hydrogens (primary N) is 1. The second-order valence-corrected chi connectivity index (χ2v) is 3.55. The predicted octanol–water partition coefficient (Wildman–Crippen LogP) is 2.00. The monoisotopic (exact) mass is 210 g/mol. The van der Waals surface area contributed by atoms with Crippen LogP contribution in [0.1, 0.15) is 0 Å². The summed E-state index contributed by atoms with van der Waals surface area (Å²) in [5.74, 6) is 0. The van der Waals surface area contributed by atoms with Crippen LogP contribution in [0.4, 0.5) is 5.69 Å². The highest BCUT2D eigenvalue weighted by Gasteiger charge is 2.04. The molecule has 0 aliphatic heterocycles. The summed E-state index contributed by atoms with van der Waals surface area (Å²) >= 11 is 0. The molecule has 0 aliphatic rings. The SMILES string of the molecule is Nc1ccc(-n2cnc3cccnc32)cc1. The molecule has 4 heteroatoms. The van der Waals surface area contributed by atoms with E-state index >= 15 is 0 Å². The normalized spacial score (nSPS) is 10.8. The van der Waals surface area contributed by atoms with Crippen molar-refractivity contribution >= 4 is 16.9 Å². The summed E-state index contributed by atoms with van der Waals surface area (Å²) in [6.45, 7) is 0. The number of rotatable bonds is 1. The van der Waals surface area contributed by atoms with Crippen LogP contribution >= 0.6 is 0 Å². The van der Waals surface area contributed by atoms with Crippen molar-refractivity contribution in [2.45, 2.75) is 0 Å². The van der Waals surface area contributed by atoms with Gasteiger partial charge in [0.05, 0.1) is 0 Å². The van der Waals surface area contributed by atoms with E-state index in [1.165, 1.54) is 0 Å². The fourth-order valence-electron chi connectivity index (χ4n) is 1.67. The maximum atomic E-state index is 5.65. The van der Waals surface area contributed by atoms with E-state index in [4.69, 9.17) is 5.73 Å². The Balaban J connectivity index is 2.22. The van der Waals surface area contributed by atoms with Gasteiger partial charge in [-0.2, -0.15) is 0 Å². The minimum atomic E-state index is 0.751. The van der Waals surface area contributed by atoms with Gasteiger partial charge in [-0.3, -0.25) is 4.57 Å². The van der Waals surface area contributed by atoms with Crippen molar-refractivity contribution in [3.63, 3.8) is 0 Å². The summed E-state index contributed by atoms with van der Waals surface area (Å²) in [7, 11) is 0. The van der Waals surface area contributed by atoms with Crippen LogP contribution in [-0.4, -0.2) is 14.5 Å². The maximum absolute atomic E-state index is 5.65. The van der Waals surface area contributed by atoms with Gasteiger partial charge in [-0.05, 0) is 36.4 Å². The van der Waals surface area contributed by atoms with Gasteiger partial charge in [-0.15, -0.1) is 0 Å². The third kappa shape index (κ3) is 1.32. The van der Waals surface area contributed by atoms with E-state index in [1.807, 2.05) is 41.0 Å². The Kier molecular flexibility index (Phi) is 1.86. The van der Waals surface area contributed by atoms with Crippen LogP contribution in [0.2, 0.25) is 0 Å². The van der Waals surface area contributed by atoms with Crippen LogP contribution < -0.4 is 5.73 Å². The molecule has 2 aromatic heterocycles. The standard InChI is InChI=1S/C12H10N4/c13-9-3-5-10(6-4-9)16-8-15-11-2-1-7-14-12(11)16/h1-8H,13H2. The van der Waals surface area contributed by atoms with E-state index < -0.39 is 0 Å². The molecule has 0 bridgehead atoms. The molecule has 4 nitrogen and oxygen atoms in total. The number of hydrogen-bond acceptors (Lipinski definition) is 3. The molecule has 0 saturated carbocycles. The molecule has 2 N–H and O–H groups in total. The van der Waals surface area contributed by atoms with Crippen molar-refractivity contribution in [1.29, 1.82) is 0 Å². The third-order valence-corrected chi connectivity index (χ3v) is 2.48. The quantitative estimate of drug-likeness (QED) is 0.625. The fourth-order valence-corrected chi connectivity index (χ4v) is 1.67. The minimum absolute atomic E-state index is 0.751. The Morgan fingerprint density at radius 3 is 2.62 bits per heavy atom. The van der Waals surface area contributed by atoms with E-state index in [9.17, 15) is 0 Å². The van der Waals surface area contributed by atoms with Gasteiger partial charge in [0, 0.05) is 17.6 Å². The first kappa shape index (κ1) is 8.91. The molecule has 0 aliphatic carbocycles. The molecule has 1 aromatic carbocycles. The molecule has 0 fully saturated rings. The molecule has 0 saturated heterocycles. The van der Waals surface area contributed by atoms with Gasteiger partial charge < -0.3 is 5.73 Å². The highest BCUT2D eigenvalue weighted by Crippen LogP contribution is 2.16. The van der Waals surface area contributed by atoms with Gasteiger partial charge in [0.2, 0.25) is 0 Å². The molecule has 16 heavy (non-hydrogen) atoms. The van der Waals surface area contributed by atoms with Gasteiger partial charge in [-0.25, -0.2) is 9.97 Å². The smallest absolute Gasteiger partial charge is 0.164 e. The summed E-state index contributed by atoms with van der Waals surface area (Å²) in [4.78, 5) is 8.60. The van der Waals surface area contributed by atoms with E-state index in [0.717, 1.165) is 22.5 Å². The zero-order valence-corrected chi connectivity index (χ0v) is 8.54. The third-order valence-electron chi connectivity index (χ3n) is 2.48. The largest absolute Gasteiger partial charge is 0.399 e. The zero-order valence-electron chi connectivity index (χ0n) is 8.54. The number of nitrogen functional groups attached to an aromatic ring is 1. The molecule has 78 valence electrons. The molecule has 0 radical (unpaired) electrons. The van der Waals surface area contributed by atoms with Gasteiger partial charge in [0.15, 0.2) is 5.65 Å². The first-order valence-electron chi connectivity index (χ1n) is 4.98. The van der Waals surface area contributed by atoms with Crippen molar-refractivity contribution in [3.8, 4) is 5.69 Å². The van der Waals surface area contributed by atoms with Crippen molar-refractivity contribution in [3.05, 3.63) is 48.9 Å². The molecular formula is C12H10N4. The average Bonchev–Trinajstić information content (AvgIpc) is 2.74. The number of pyridine rings is 1. The van der Waals surface area contributed by atoms with Crippen LogP contribution in [-0.2, 0) is 0 Å². The van der Waals surface area contributed by atoms with Crippen molar-refractivity contribution in [2.24, 2.45) is 0 Å². The topological polar surface area (TPSA) is 56.7 Å². The second kappa shape index (κ2) is 3.34. The first-order chi connectivity index (χ1) is 7.84. The zero-order chi connectivity index (χ0) is 11.0. The lowest BCUT2D eigenvalue weighted by Gasteiger charge is -2.03. The highest BCUT2D eigenvalue weighted by molar-refractivity contribution is 5.72. The molecule has 3 rings (SSSR count). The van der Waals surface area contributed by atoms with Crippen LogP contribution in [0.25, 0.3) is 16.9 Å². The molecule has 0 spiro atoms. The Labute approximate surface area is 92.4 Å². The number of hydrogen-bond donors (Lipinski definition) is 1. The van der Waals surface area contributed by atoms with Crippen molar-refractivity contribution < 1.29 is 0 Å². The lowest BCUT2D eigenvalue weighted by atomic mass is 10.3. The number of nitrogens with zero attached hydrogens (tertiary/aromatic N) is 3. The Hall–Kier alpha value is -2.36. The van der Waals surface area contributed by atoms with Gasteiger partial charge in [0.25, 0.3) is 0 Å². The number of anilines is 1. The van der Waals surface area contributed by atoms with Crippen LogP contribution in [0, 0.1) is 0 Å². The van der Waals surface area contributed by atoms with Gasteiger partial charge in [-0.1, -0.05) is 0 Å². The highest BCUT2D eigenvalue weighted by atomic mass is 15.1. The number of aromatic nitrogens is 3. The molecular weight excluding hydrogens is 200 g/mol. The summed E-state index contributed by atoms with van der Waals surface area (Å²) in [6.07, 6.45) is 3.53. The van der Waals surface area contributed by atoms with Crippen LogP contribution in [0.5, 0.6) is 0 Å². The molecule has 2 heterocycles.